The standard InChI is InChI=1S/C24H19BrFN3O2/c1-15-27-21-10-6-5-9-19(21)24(31)29(15)14-22(30)28-23(16-7-3-2-4-8-16)18-12-11-17(25)13-20(18)26/h2-13,23H,14H2,1H3,(H,28,30). The van der Waals surface area contributed by atoms with E-state index in [1.165, 1.54) is 10.6 Å². The summed E-state index contributed by atoms with van der Waals surface area (Å²) in [5, 5.41) is 3.32. The van der Waals surface area contributed by atoms with Gasteiger partial charge in [-0.25, -0.2) is 9.37 Å². The van der Waals surface area contributed by atoms with Crippen LogP contribution in [0.5, 0.6) is 0 Å². The van der Waals surface area contributed by atoms with Crippen LogP contribution in [-0.2, 0) is 11.3 Å². The maximum atomic E-state index is 14.7. The van der Waals surface area contributed by atoms with Crippen molar-refractivity contribution < 1.29 is 9.18 Å². The first-order valence-electron chi connectivity index (χ1n) is 9.69. The lowest BCUT2D eigenvalue weighted by atomic mass is 9.98. The topological polar surface area (TPSA) is 64.0 Å². The van der Waals surface area contributed by atoms with Crippen molar-refractivity contribution in [3.63, 3.8) is 0 Å². The van der Waals surface area contributed by atoms with Gasteiger partial charge in [0.05, 0.1) is 16.9 Å². The van der Waals surface area contributed by atoms with Gasteiger partial charge in [0.15, 0.2) is 0 Å². The van der Waals surface area contributed by atoms with Gasteiger partial charge < -0.3 is 5.32 Å². The first-order chi connectivity index (χ1) is 14.9. The third-order valence-corrected chi connectivity index (χ3v) is 5.56. The van der Waals surface area contributed by atoms with Crippen molar-refractivity contribution in [1.82, 2.24) is 14.9 Å². The molecule has 0 saturated carbocycles. The Morgan fingerprint density at radius 3 is 2.55 bits per heavy atom. The summed E-state index contributed by atoms with van der Waals surface area (Å²) in [7, 11) is 0. The van der Waals surface area contributed by atoms with Crippen molar-refractivity contribution in [2.45, 2.75) is 19.5 Å². The molecule has 0 aliphatic carbocycles. The Labute approximate surface area is 186 Å². The summed E-state index contributed by atoms with van der Waals surface area (Å²) in [4.78, 5) is 30.3. The van der Waals surface area contributed by atoms with Crippen LogP contribution in [0.1, 0.15) is 23.0 Å². The van der Waals surface area contributed by atoms with Crippen molar-refractivity contribution in [2.75, 3.05) is 0 Å². The number of aromatic nitrogens is 2. The number of rotatable bonds is 5. The summed E-state index contributed by atoms with van der Waals surface area (Å²) in [5.74, 6) is -0.423. The number of hydrogen-bond donors (Lipinski definition) is 1. The number of hydrogen-bond acceptors (Lipinski definition) is 3. The van der Waals surface area contributed by atoms with E-state index < -0.39 is 17.8 Å². The molecule has 0 bridgehead atoms. The highest BCUT2D eigenvalue weighted by Gasteiger charge is 2.21. The predicted molar refractivity (Wildman–Crippen MR) is 121 cm³/mol. The molecule has 1 aromatic heterocycles. The number of halogens is 2. The van der Waals surface area contributed by atoms with Gasteiger partial charge in [0.2, 0.25) is 5.91 Å². The van der Waals surface area contributed by atoms with E-state index >= 15 is 0 Å². The molecule has 1 heterocycles. The van der Waals surface area contributed by atoms with E-state index in [9.17, 15) is 14.0 Å². The summed E-state index contributed by atoms with van der Waals surface area (Å²) in [6.07, 6.45) is 0. The van der Waals surface area contributed by atoms with Crippen LogP contribution in [-0.4, -0.2) is 15.5 Å². The molecule has 0 spiro atoms. The van der Waals surface area contributed by atoms with Crippen LogP contribution in [0.15, 0.2) is 82.1 Å². The minimum atomic E-state index is -0.703. The number of fused-ring (bicyclic) bond motifs is 1. The maximum Gasteiger partial charge on any atom is 0.261 e. The molecule has 0 saturated heterocycles. The Bertz CT molecular complexity index is 1320. The number of nitrogens with zero attached hydrogens (tertiary/aromatic N) is 2. The van der Waals surface area contributed by atoms with Crippen molar-refractivity contribution in [3.8, 4) is 0 Å². The van der Waals surface area contributed by atoms with E-state index in [4.69, 9.17) is 0 Å². The highest BCUT2D eigenvalue weighted by molar-refractivity contribution is 9.10. The molecule has 156 valence electrons. The van der Waals surface area contributed by atoms with E-state index in [1.807, 2.05) is 36.4 Å². The molecular formula is C24H19BrFN3O2. The number of carbonyl (C=O) groups excluding carboxylic acids is 1. The normalized spacial score (nSPS) is 12.0. The molecule has 3 aromatic carbocycles. The zero-order valence-corrected chi connectivity index (χ0v) is 18.3. The minimum absolute atomic E-state index is 0.218. The van der Waals surface area contributed by atoms with E-state index in [-0.39, 0.29) is 12.1 Å². The summed E-state index contributed by atoms with van der Waals surface area (Å²) in [6.45, 7) is 1.47. The number of para-hydroxylation sites is 1. The number of nitrogens with one attached hydrogen (secondary N) is 1. The van der Waals surface area contributed by atoms with Crippen LogP contribution < -0.4 is 10.9 Å². The molecule has 1 N–H and O–H groups in total. The van der Waals surface area contributed by atoms with E-state index in [1.54, 1.807) is 37.3 Å². The Morgan fingerprint density at radius 1 is 1.10 bits per heavy atom. The molecule has 1 unspecified atom stereocenters. The van der Waals surface area contributed by atoms with Crippen LogP contribution in [0.2, 0.25) is 0 Å². The zero-order valence-electron chi connectivity index (χ0n) is 16.7. The second-order valence-corrected chi connectivity index (χ2v) is 8.06. The van der Waals surface area contributed by atoms with Crippen LogP contribution in [0.4, 0.5) is 4.39 Å². The highest BCUT2D eigenvalue weighted by Crippen LogP contribution is 2.26. The Morgan fingerprint density at radius 2 is 1.81 bits per heavy atom. The fourth-order valence-electron chi connectivity index (χ4n) is 3.54. The van der Waals surface area contributed by atoms with Crippen molar-refractivity contribution in [1.29, 1.82) is 0 Å². The average Bonchev–Trinajstić information content (AvgIpc) is 2.76. The van der Waals surface area contributed by atoms with Gasteiger partial charge in [-0.2, -0.15) is 0 Å². The third kappa shape index (κ3) is 4.41. The third-order valence-electron chi connectivity index (χ3n) is 5.07. The first-order valence-corrected chi connectivity index (χ1v) is 10.5. The monoisotopic (exact) mass is 479 g/mol. The smallest absolute Gasteiger partial charge is 0.261 e. The molecular weight excluding hydrogens is 461 g/mol. The van der Waals surface area contributed by atoms with Crippen LogP contribution in [0.25, 0.3) is 10.9 Å². The van der Waals surface area contributed by atoms with E-state index in [0.29, 0.717) is 26.8 Å². The summed E-state index contributed by atoms with van der Waals surface area (Å²) >= 11 is 3.26. The van der Waals surface area contributed by atoms with Crippen LogP contribution in [0.3, 0.4) is 0 Å². The molecule has 1 amide bonds. The van der Waals surface area contributed by atoms with Crippen LogP contribution in [0, 0.1) is 12.7 Å². The van der Waals surface area contributed by atoms with Gasteiger partial charge in [-0.05, 0) is 36.8 Å². The van der Waals surface area contributed by atoms with Gasteiger partial charge in [0, 0.05) is 10.0 Å². The molecule has 31 heavy (non-hydrogen) atoms. The van der Waals surface area contributed by atoms with Gasteiger partial charge in [0.25, 0.3) is 5.56 Å². The Balaban J connectivity index is 1.68. The number of benzene rings is 3. The largest absolute Gasteiger partial charge is 0.344 e. The minimum Gasteiger partial charge on any atom is -0.344 e. The highest BCUT2D eigenvalue weighted by atomic mass is 79.9. The van der Waals surface area contributed by atoms with Gasteiger partial charge in [-0.15, -0.1) is 0 Å². The second-order valence-electron chi connectivity index (χ2n) is 7.14. The predicted octanol–water partition coefficient (Wildman–Crippen LogP) is 4.51. The molecule has 0 fully saturated rings. The Kier molecular flexibility index (Phi) is 5.95. The van der Waals surface area contributed by atoms with Crippen molar-refractivity contribution >= 4 is 32.7 Å². The first kappa shape index (κ1) is 20.9. The maximum absolute atomic E-state index is 14.7. The van der Waals surface area contributed by atoms with Gasteiger partial charge in [0.1, 0.15) is 18.2 Å². The fraction of sp³-hybridized carbons (Fsp3) is 0.125. The number of aryl methyl sites for hydroxylation is 1. The summed E-state index contributed by atoms with van der Waals surface area (Å²) in [5.41, 5.74) is 1.37. The van der Waals surface area contributed by atoms with Crippen molar-refractivity contribution in [2.24, 2.45) is 0 Å². The summed E-state index contributed by atoms with van der Waals surface area (Å²) < 4.78 is 16.7. The van der Waals surface area contributed by atoms with E-state index in [0.717, 1.165) is 5.56 Å². The van der Waals surface area contributed by atoms with Crippen molar-refractivity contribution in [3.05, 3.63) is 110 Å². The van der Waals surface area contributed by atoms with Gasteiger partial charge in [-0.1, -0.05) is 64.5 Å². The molecule has 1 atom stereocenters. The zero-order chi connectivity index (χ0) is 22.0. The summed E-state index contributed by atoms with van der Waals surface area (Å²) in [6, 6.07) is 20.2. The quantitative estimate of drug-likeness (QED) is 0.457. The molecule has 4 aromatic rings. The molecule has 0 aliphatic heterocycles. The lowest BCUT2D eigenvalue weighted by Crippen LogP contribution is -2.36. The lowest BCUT2D eigenvalue weighted by Gasteiger charge is -2.21. The van der Waals surface area contributed by atoms with Gasteiger partial charge >= 0.3 is 0 Å². The lowest BCUT2D eigenvalue weighted by molar-refractivity contribution is -0.122. The Hall–Kier alpha value is -3.32. The molecule has 4 rings (SSSR count). The molecule has 0 aliphatic rings. The average molecular weight is 480 g/mol. The molecule has 5 nitrogen and oxygen atoms in total. The van der Waals surface area contributed by atoms with E-state index in [2.05, 4.69) is 26.2 Å². The number of carbonyl (C=O) groups is 1. The SMILES string of the molecule is Cc1nc2ccccc2c(=O)n1CC(=O)NC(c1ccccc1)c1ccc(Br)cc1F. The number of amides is 1. The van der Waals surface area contributed by atoms with Crippen LogP contribution >= 0.6 is 15.9 Å². The second kappa shape index (κ2) is 8.81. The fourth-order valence-corrected chi connectivity index (χ4v) is 3.87. The molecule has 7 heteroatoms. The molecule has 0 radical (unpaired) electrons. The van der Waals surface area contributed by atoms with Gasteiger partial charge in [-0.3, -0.25) is 14.2 Å².